The number of carbonyl (C=O) groups is 1. The molecule has 0 aliphatic carbocycles. The average molecular weight is 587 g/mol. The second-order valence-electron chi connectivity index (χ2n) is 9.94. The number of benzene rings is 2. The van der Waals surface area contributed by atoms with Crippen molar-refractivity contribution in [2.75, 3.05) is 43.1 Å². The lowest BCUT2D eigenvalue weighted by Gasteiger charge is -2.38. The highest BCUT2D eigenvalue weighted by atomic mass is 32.1. The van der Waals surface area contributed by atoms with E-state index in [9.17, 15) is 23.5 Å². The minimum absolute atomic E-state index is 0.0264. The van der Waals surface area contributed by atoms with Crippen LogP contribution in [0.5, 0.6) is 0 Å². The van der Waals surface area contributed by atoms with Crippen molar-refractivity contribution in [2.24, 2.45) is 0 Å². The van der Waals surface area contributed by atoms with Gasteiger partial charge in [0.1, 0.15) is 11.4 Å². The quantitative estimate of drug-likeness (QED) is 0.320. The number of carboxylic acids is 1. The largest absolute Gasteiger partial charge is 0.477 e. The Morgan fingerprint density at radius 3 is 2.56 bits per heavy atom. The minimum atomic E-state index is -2.82. The van der Waals surface area contributed by atoms with E-state index in [1.54, 1.807) is 42.0 Å². The van der Waals surface area contributed by atoms with Gasteiger partial charge in [-0.05, 0) is 36.8 Å². The van der Waals surface area contributed by atoms with Gasteiger partial charge in [-0.25, -0.2) is 14.2 Å². The van der Waals surface area contributed by atoms with Gasteiger partial charge >= 0.3 is 12.6 Å². The van der Waals surface area contributed by atoms with Gasteiger partial charge in [0.05, 0.1) is 33.8 Å². The number of methoxy groups -OCH3 is 1. The molecule has 0 unspecified atom stereocenters. The Kier molecular flexibility index (Phi) is 7.18. The van der Waals surface area contributed by atoms with E-state index in [0.29, 0.717) is 59.5 Å². The summed E-state index contributed by atoms with van der Waals surface area (Å²) in [6.45, 7) is -1.00. The number of rotatable bonds is 8. The number of hydrogen-bond donors (Lipinski definition) is 1. The summed E-state index contributed by atoms with van der Waals surface area (Å²) in [6, 6.07) is 11.2. The van der Waals surface area contributed by atoms with Crippen molar-refractivity contribution >= 4 is 38.3 Å². The number of carboxylic acid groups (broad SMARTS) is 1. The van der Waals surface area contributed by atoms with Crippen molar-refractivity contribution in [1.82, 2.24) is 9.55 Å². The van der Waals surface area contributed by atoms with Gasteiger partial charge in [0.15, 0.2) is 10.6 Å². The molecule has 2 aliphatic rings. The van der Waals surface area contributed by atoms with Gasteiger partial charge in [-0.3, -0.25) is 4.79 Å². The van der Waals surface area contributed by atoms with E-state index in [2.05, 4.69) is 9.72 Å². The molecule has 4 heterocycles. The Morgan fingerprint density at radius 1 is 1.10 bits per heavy atom. The van der Waals surface area contributed by atoms with E-state index in [4.69, 9.17) is 4.74 Å². The Morgan fingerprint density at radius 2 is 1.88 bits per heavy atom. The molecule has 0 radical (unpaired) electrons. The molecule has 13 heteroatoms. The molecule has 9 nitrogen and oxygen atoms in total. The predicted molar refractivity (Wildman–Crippen MR) is 148 cm³/mol. The van der Waals surface area contributed by atoms with E-state index >= 15 is 4.39 Å². The lowest BCUT2D eigenvalue weighted by Crippen LogP contribution is -2.52. The molecule has 0 bridgehead atoms. The first-order chi connectivity index (χ1) is 19.7. The molecule has 0 saturated carbocycles. The molecule has 2 aromatic heterocycles. The van der Waals surface area contributed by atoms with Gasteiger partial charge in [0.25, 0.3) is 0 Å². The molecular weight excluding hydrogens is 561 g/mol. The summed E-state index contributed by atoms with van der Waals surface area (Å²) in [4.78, 5) is 32.8. The molecule has 2 saturated heterocycles. The second kappa shape index (κ2) is 10.8. The number of nitrogens with zero attached hydrogens (tertiary/aromatic N) is 4. The maximum atomic E-state index is 15.4. The number of aromatic nitrogens is 2. The lowest BCUT2D eigenvalue weighted by molar-refractivity contribution is -0.167. The zero-order valence-corrected chi connectivity index (χ0v) is 22.6. The first kappa shape index (κ1) is 27.2. The molecule has 0 amide bonds. The molecule has 0 spiro atoms. The molecule has 2 aromatic carbocycles. The standard InChI is InChI=1S/C28H25F3N4O5S/c1-39-17-6-7-33(11-17)22-5-2-15(8-20(22)29)23-10-24(36)19(26(37)38)14-35(23)16-3-4-21-25(9-16)41-28(32-21)34-12-18(13-34)40-27(30)31/h2-5,8-10,14,17-18,27H,6-7,11-13H2,1H3,(H,37,38)/t17-/m1/s1. The molecule has 2 aliphatic heterocycles. The molecular formula is C28H25F3N4O5S. The molecule has 6 rings (SSSR count). The van der Waals surface area contributed by atoms with E-state index in [1.807, 2.05) is 9.80 Å². The Labute approximate surface area is 236 Å². The van der Waals surface area contributed by atoms with Crippen LogP contribution in [0.25, 0.3) is 27.2 Å². The summed E-state index contributed by atoms with van der Waals surface area (Å²) in [5.41, 5.74) is 1.23. The van der Waals surface area contributed by atoms with Crippen molar-refractivity contribution < 1.29 is 32.5 Å². The molecule has 1 atom stereocenters. The highest BCUT2D eigenvalue weighted by molar-refractivity contribution is 7.22. The number of halogens is 3. The number of pyridine rings is 1. The molecule has 2 fully saturated rings. The van der Waals surface area contributed by atoms with Crippen molar-refractivity contribution in [3.63, 3.8) is 0 Å². The molecule has 41 heavy (non-hydrogen) atoms. The number of ether oxygens (including phenoxy) is 2. The fraction of sp³-hybridized carbons (Fsp3) is 0.321. The van der Waals surface area contributed by atoms with Crippen molar-refractivity contribution in [2.45, 2.75) is 25.2 Å². The first-order valence-corrected chi connectivity index (χ1v) is 13.7. The normalized spacial score (nSPS) is 17.5. The van der Waals surface area contributed by atoms with E-state index < -0.39 is 35.5 Å². The van der Waals surface area contributed by atoms with Crippen molar-refractivity contribution in [3.05, 3.63) is 70.3 Å². The van der Waals surface area contributed by atoms with Crippen LogP contribution in [0.15, 0.2) is 53.5 Å². The zero-order valence-electron chi connectivity index (χ0n) is 21.8. The van der Waals surface area contributed by atoms with Gasteiger partial charge in [0.2, 0.25) is 0 Å². The monoisotopic (exact) mass is 586 g/mol. The molecule has 4 aromatic rings. The van der Waals surface area contributed by atoms with Crippen molar-refractivity contribution in [3.8, 4) is 16.9 Å². The van der Waals surface area contributed by atoms with Crippen LogP contribution in [-0.2, 0) is 9.47 Å². The number of alkyl halides is 2. The van der Waals surface area contributed by atoms with Crippen LogP contribution in [0, 0.1) is 5.82 Å². The second-order valence-corrected chi connectivity index (χ2v) is 11.0. The lowest BCUT2D eigenvalue weighted by atomic mass is 10.1. The fourth-order valence-electron chi connectivity index (χ4n) is 5.20. The topological polar surface area (TPSA) is 97.1 Å². The predicted octanol–water partition coefficient (Wildman–Crippen LogP) is 4.60. The number of fused-ring (bicyclic) bond motifs is 1. The van der Waals surface area contributed by atoms with E-state index in [0.717, 1.165) is 11.1 Å². The number of anilines is 2. The summed E-state index contributed by atoms with van der Waals surface area (Å²) < 4.78 is 52.5. The Balaban J connectivity index is 1.36. The number of aromatic carboxylic acids is 1. The summed E-state index contributed by atoms with van der Waals surface area (Å²) in [5.74, 6) is -1.84. The summed E-state index contributed by atoms with van der Waals surface area (Å²) >= 11 is 1.35. The Hall–Kier alpha value is -3.94. The fourth-order valence-corrected chi connectivity index (χ4v) is 6.22. The van der Waals surface area contributed by atoms with Gasteiger partial charge in [-0.1, -0.05) is 17.4 Å². The maximum absolute atomic E-state index is 15.4. The number of hydrogen-bond acceptors (Lipinski definition) is 8. The molecule has 214 valence electrons. The van der Waals surface area contributed by atoms with Gasteiger partial charge in [0, 0.05) is 56.8 Å². The average Bonchev–Trinajstić information content (AvgIpc) is 3.56. The summed E-state index contributed by atoms with van der Waals surface area (Å²) in [7, 11) is 1.63. The smallest absolute Gasteiger partial charge is 0.345 e. The van der Waals surface area contributed by atoms with Gasteiger partial charge in [-0.2, -0.15) is 8.78 Å². The molecule has 1 N–H and O–H groups in total. The van der Waals surface area contributed by atoms with E-state index in [1.165, 1.54) is 29.7 Å². The van der Waals surface area contributed by atoms with E-state index in [-0.39, 0.29) is 6.10 Å². The van der Waals surface area contributed by atoms with Crippen LogP contribution < -0.4 is 15.2 Å². The third-order valence-corrected chi connectivity index (χ3v) is 8.48. The van der Waals surface area contributed by atoms with Crippen LogP contribution >= 0.6 is 11.3 Å². The van der Waals surface area contributed by atoms with Crippen LogP contribution in [0.3, 0.4) is 0 Å². The number of thiazole rings is 1. The minimum Gasteiger partial charge on any atom is -0.477 e. The van der Waals surface area contributed by atoms with Crippen LogP contribution in [0.1, 0.15) is 16.8 Å². The van der Waals surface area contributed by atoms with Gasteiger partial charge < -0.3 is 28.9 Å². The van der Waals surface area contributed by atoms with Crippen LogP contribution in [0.4, 0.5) is 24.0 Å². The highest BCUT2D eigenvalue weighted by Gasteiger charge is 2.32. The third-order valence-electron chi connectivity index (χ3n) is 7.40. The summed E-state index contributed by atoms with van der Waals surface area (Å²) in [6.07, 6.45) is 1.49. The SMILES string of the molecule is CO[C@@H]1CCN(c2ccc(-c3cc(=O)c(C(=O)O)cn3-c3ccc4nc(N5CC(OC(F)F)C5)sc4c3)cc2F)C1. The van der Waals surface area contributed by atoms with Crippen molar-refractivity contribution in [1.29, 1.82) is 0 Å². The zero-order chi connectivity index (χ0) is 28.8. The van der Waals surface area contributed by atoms with Gasteiger partial charge in [-0.15, -0.1) is 0 Å². The van der Waals surface area contributed by atoms with Crippen LogP contribution in [0.2, 0.25) is 0 Å². The summed E-state index contributed by atoms with van der Waals surface area (Å²) in [5, 5.41) is 10.3. The third kappa shape index (κ3) is 5.27. The maximum Gasteiger partial charge on any atom is 0.345 e. The first-order valence-electron chi connectivity index (χ1n) is 12.9. The highest BCUT2D eigenvalue weighted by Crippen LogP contribution is 2.35. The Bertz CT molecular complexity index is 1690. The van der Waals surface area contributed by atoms with Crippen LogP contribution in [-0.4, -0.2) is 72.7 Å².